The second-order valence-electron chi connectivity index (χ2n) is 4.29. The van der Waals surface area contributed by atoms with Crippen molar-refractivity contribution in [2.24, 2.45) is 5.92 Å². The molecule has 0 saturated carbocycles. The van der Waals surface area contributed by atoms with Gasteiger partial charge in [0.2, 0.25) is 5.91 Å². The molecule has 0 aliphatic carbocycles. The van der Waals surface area contributed by atoms with Crippen LogP contribution >= 0.6 is 0 Å². The number of esters is 1. The number of methoxy groups -OCH3 is 1. The lowest BCUT2D eigenvalue weighted by Crippen LogP contribution is -2.50. The number of nitrogens with zero attached hydrogens (tertiary/aromatic N) is 1. The molecule has 0 aromatic carbocycles. The summed E-state index contributed by atoms with van der Waals surface area (Å²) in [5, 5.41) is 3.16. The van der Waals surface area contributed by atoms with Crippen LogP contribution in [-0.2, 0) is 14.3 Å². The van der Waals surface area contributed by atoms with E-state index in [1.165, 1.54) is 7.11 Å². The van der Waals surface area contributed by atoms with E-state index in [9.17, 15) is 9.59 Å². The lowest BCUT2D eigenvalue weighted by atomic mass is 9.91. The average molecular weight is 228 g/mol. The lowest BCUT2D eigenvalue weighted by molar-refractivity contribution is -0.143. The van der Waals surface area contributed by atoms with Crippen LogP contribution in [0.15, 0.2) is 0 Å². The van der Waals surface area contributed by atoms with Crippen molar-refractivity contribution in [3.63, 3.8) is 0 Å². The summed E-state index contributed by atoms with van der Waals surface area (Å²) < 4.78 is 4.65. The SMILES string of the molecule is CNC1CC(CC(=O)OC)CN(C(C)=O)C1. The Bertz CT molecular complexity index is 268. The molecule has 0 aromatic heterocycles. The summed E-state index contributed by atoms with van der Waals surface area (Å²) in [4.78, 5) is 24.3. The zero-order chi connectivity index (χ0) is 12.1. The predicted molar refractivity (Wildman–Crippen MR) is 59.8 cm³/mol. The van der Waals surface area contributed by atoms with Gasteiger partial charge in [0, 0.05) is 26.1 Å². The number of hydrogen-bond acceptors (Lipinski definition) is 4. The number of carbonyl (C=O) groups is 2. The Morgan fingerprint density at radius 3 is 2.62 bits per heavy atom. The zero-order valence-electron chi connectivity index (χ0n) is 10.2. The summed E-state index contributed by atoms with van der Waals surface area (Å²) in [5.41, 5.74) is 0. The molecular formula is C11H20N2O3. The first-order chi connectivity index (χ1) is 7.56. The Morgan fingerprint density at radius 2 is 2.12 bits per heavy atom. The van der Waals surface area contributed by atoms with Crippen molar-refractivity contribution in [3.05, 3.63) is 0 Å². The van der Waals surface area contributed by atoms with Gasteiger partial charge in [-0.1, -0.05) is 0 Å². The van der Waals surface area contributed by atoms with Crippen molar-refractivity contribution in [3.8, 4) is 0 Å². The molecule has 5 nitrogen and oxygen atoms in total. The van der Waals surface area contributed by atoms with Crippen LogP contribution in [0.4, 0.5) is 0 Å². The van der Waals surface area contributed by atoms with E-state index in [1.807, 2.05) is 7.05 Å². The summed E-state index contributed by atoms with van der Waals surface area (Å²) in [7, 11) is 3.27. The van der Waals surface area contributed by atoms with E-state index in [0.29, 0.717) is 13.0 Å². The van der Waals surface area contributed by atoms with Gasteiger partial charge in [-0.3, -0.25) is 9.59 Å². The summed E-state index contributed by atoms with van der Waals surface area (Å²) in [5.74, 6) is 0.0580. The highest BCUT2D eigenvalue weighted by Crippen LogP contribution is 2.20. The Morgan fingerprint density at radius 1 is 1.44 bits per heavy atom. The molecule has 0 bridgehead atoms. The fourth-order valence-corrected chi connectivity index (χ4v) is 2.14. The second kappa shape index (κ2) is 5.84. The number of hydrogen-bond donors (Lipinski definition) is 1. The van der Waals surface area contributed by atoms with Crippen LogP contribution in [0.5, 0.6) is 0 Å². The van der Waals surface area contributed by atoms with E-state index in [1.54, 1.807) is 11.8 Å². The molecule has 2 atom stereocenters. The van der Waals surface area contributed by atoms with Gasteiger partial charge in [-0.2, -0.15) is 0 Å². The number of piperidine rings is 1. The second-order valence-corrected chi connectivity index (χ2v) is 4.29. The molecule has 1 heterocycles. The standard InChI is InChI=1S/C11H20N2O3/c1-8(14)13-6-9(5-11(15)16-3)4-10(7-13)12-2/h9-10,12H,4-7H2,1-3H3. The van der Waals surface area contributed by atoms with Gasteiger partial charge in [0.1, 0.15) is 0 Å². The van der Waals surface area contributed by atoms with Crippen LogP contribution in [0.2, 0.25) is 0 Å². The first-order valence-corrected chi connectivity index (χ1v) is 5.56. The molecule has 1 fully saturated rings. The topological polar surface area (TPSA) is 58.6 Å². The van der Waals surface area contributed by atoms with Crippen molar-refractivity contribution >= 4 is 11.9 Å². The Labute approximate surface area is 96.1 Å². The van der Waals surface area contributed by atoms with Crippen LogP contribution in [0, 0.1) is 5.92 Å². The fraction of sp³-hybridized carbons (Fsp3) is 0.818. The van der Waals surface area contributed by atoms with E-state index in [2.05, 4.69) is 10.1 Å². The maximum atomic E-state index is 11.3. The summed E-state index contributed by atoms with van der Waals surface area (Å²) >= 11 is 0. The highest BCUT2D eigenvalue weighted by atomic mass is 16.5. The van der Waals surface area contributed by atoms with Crippen LogP contribution in [0.1, 0.15) is 19.8 Å². The van der Waals surface area contributed by atoms with Gasteiger partial charge in [0.05, 0.1) is 13.5 Å². The van der Waals surface area contributed by atoms with E-state index < -0.39 is 0 Å². The highest BCUT2D eigenvalue weighted by Gasteiger charge is 2.29. The molecule has 16 heavy (non-hydrogen) atoms. The molecule has 0 spiro atoms. The Hall–Kier alpha value is -1.10. The van der Waals surface area contributed by atoms with Gasteiger partial charge in [-0.15, -0.1) is 0 Å². The zero-order valence-corrected chi connectivity index (χ0v) is 10.2. The van der Waals surface area contributed by atoms with E-state index in [0.717, 1.165) is 13.0 Å². The average Bonchev–Trinajstić information content (AvgIpc) is 2.28. The summed E-state index contributed by atoms with van der Waals surface area (Å²) in [6.45, 7) is 2.94. The van der Waals surface area contributed by atoms with Crippen LogP contribution < -0.4 is 5.32 Å². The molecule has 2 unspecified atom stereocenters. The first kappa shape index (κ1) is 13.0. The lowest BCUT2D eigenvalue weighted by Gasteiger charge is -2.36. The fourth-order valence-electron chi connectivity index (χ4n) is 2.14. The molecule has 5 heteroatoms. The first-order valence-electron chi connectivity index (χ1n) is 5.56. The minimum absolute atomic E-state index is 0.0646. The highest BCUT2D eigenvalue weighted by molar-refractivity contribution is 5.74. The van der Waals surface area contributed by atoms with Crippen molar-refractivity contribution in [1.82, 2.24) is 10.2 Å². The third kappa shape index (κ3) is 3.48. The quantitative estimate of drug-likeness (QED) is 0.691. The maximum absolute atomic E-state index is 11.3. The van der Waals surface area contributed by atoms with Crippen LogP contribution in [-0.4, -0.2) is 50.1 Å². The molecule has 1 aliphatic rings. The molecular weight excluding hydrogens is 208 g/mol. The Kier molecular flexibility index (Phi) is 4.73. The third-order valence-electron chi connectivity index (χ3n) is 3.07. The van der Waals surface area contributed by atoms with Crippen molar-refractivity contribution in [1.29, 1.82) is 0 Å². The third-order valence-corrected chi connectivity index (χ3v) is 3.07. The molecule has 1 rings (SSSR count). The van der Waals surface area contributed by atoms with Gasteiger partial charge in [-0.25, -0.2) is 0 Å². The molecule has 1 amide bonds. The minimum Gasteiger partial charge on any atom is -0.469 e. The molecule has 1 N–H and O–H groups in total. The molecule has 1 aliphatic heterocycles. The van der Waals surface area contributed by atoms with Crippen molar-refractivity contribution in [2.75, 3.05) is 27.2 Å². The predicted octanol–water partition coefficient (Wildman–Crippen LogP) is 0.00590. The van der Waals surface area contributed by atoms with Gasteiger partial charge in [0.25, 0.3) is 0 Å². The number of likely N-dealkylation sites (tertiary alicyclic amines) is 1. The van der Waals surface area contributed by atoms with Gasteiger partial charge >= 0.3 is 5.97 Å². The van der Waals surface area contributed by atoms with Crippen LogP contribution in [0.25, 0.3) is 0 Å². The van der Waals surface area contributed by atoms with Gasteiger partial charge in [-0.05, 0) is 19.4 Å². The van der Waals surface area contributed by atoms with E-state index in [-0.39, 0.29) is 23.8 Å². The summed E-state index contributed by atoms with van der Waals surface area (Å²) in [6.07, 6.45) is 1.30. The smallest absolute Gasteiger partial charge is 0.305 e. The van der Waals surface area contributed by atoms with E-state index >= 15 is 0 Å². The number of rotatable bonds is 3. The largest absolute Gasteiger partial charge is 0.469 e. The monoisotopic (exact) mass is 228 g/mol. The number of ether oxygens (including phenoxy) is 1. The Balaban J connectivity index is 2.57. The van der Waals surface area contributed by atoms with Crippen molar-refractivity contribution < 1.29 is 14.3 Å². The normalized spacial score (nSPS) is 25.3. The van der Waals surface area contributed by atoms with Crippen LogP contribution in [0.3, 0.4) is 0 Å². The number of nitrogens with one attached hydrogen (secondary N) is 1. The number of likely N-dealkylation sites (N-methyl/N-ethyl adjacent to an activating group) is 1. The number of amides is 1. The number of carbonyl (C=O) groups excluding carboxylic acids is 2. The van der Waals surface area contributed by atoms with Gasteiger partial charge in [0.15, 0.2) is 0 Å². The summed E-state index contributed by atoms with van der Waals surface area (Å²) in [6, 6.07) is 0.271. The molecule has 0 radical (unpaired) electrons. The maximum Gasteiger partial charge on any atom is 0.305 e. The van der Waals surface area contributed by atoms with E-state index in [4.69, 9.17) is 0 Å². The molecule has 1 saturated heterocycles. The van der Waals surface area contributed by atoms with Gasteiger partial charge < -0.3 is 15.0 Å². The van der Waals surface area contributed by atoms with Crippen molar-refractivity contribution in [2.45, 2.75) is 25.8 Å². The molecule has 0 aromatic rings. The molecule has 92 valence electrons. The minimum atomic E-state index is -0.203.